The van der Waals surface area contributed by atoms with Crippen LogP contribution in [0.25, 0.3) is 10.9 Å². The van der Waals surface area contributed by atoms with E-state index in [1.165, 1.54) is 12.1 Å². The van der Waals surface area contributed by atoms with Gasteiger partial charge in [0, 0.05) is 10.4 Å². The molecule has 1 amide bonds. The lowest BCUT2D eigenvalue weighted by Crippen LogP contribution is -2.38. The van der Waals surface area contributed by atoms with E-state index in [9.17, 15) is 23.7 Å². The van der Waals surface area contributed by atoms with Crippen LogP contribution < -0.4 is 5.32 Å². The average Bonchev–Trinajstić information content (AvgIpc) is 2.88. The zero-order valence-electron chi connectivity index (χ0n) is 15.9. The maximum Gasteiger partial charge on any atom is 0.410 e. The van der Waals surface area contributed by atoms with Crippen molar-refractivity contribution in [3.05, 3.63) is 39.5 Å². The number of carbonyl (C=O) groups excluding carboxylic acids is 1. The van der Waals surface area contributed by atoms with Crippen molar-refractivity contribution in [2.75, 3.05) is 18.4 Å². The molecule has 156 valence electrons. The minimum Gasteiger partial charge on any atom is -0.444 e. The van der Waals surface area contributed by atoms with Crippen LogP contribution in [0, 0.1) is 10.1 Å². The Morgan fingerprint density at radius 1 is 1.45 bits per heavy atom. The van der Waals surface area contributed by atoms with Crippen LogP contribution in [0.15, 0.2) is 24.4 Å². The summed E-state index contributed by atoms with van der Waals surface area (Å²) in [5.74, 6) is -3.33. The summed E-state index contributed by atoms with van der Waals surface area (Å²) >= 11 is 5.98. The first kappa shape index (κ1) is 21.0. The van der Waals surface area contributed by atoms with E-state index in [2.05, 4.69) is 10.3 Å². The molecule has 1 N–H and O–H groups in total. The molecule has 1 aliphatic rings. The molecular formula is C18H19ClF2N4O4. The number of ether oxygens (including phenoxy) is 1. The number of hydrogen-bond acceptors (Lipinski definition) is 6. The minimum atomic E-state index is -3.33. The predicted octanol–water partition coefficient (Wildman–Crippen LogP) is 4.46. The molecule has 0 radical (unpaired) electrons. The minimum absolute atomic E-state index is 0.127. The van der Waals surface area contributed by atoms with Gasteiger partial charge in [-0.3, -0.25) is 15.0 Å². The lowest BCUT2D eigenvalue weighted by molar-refractivity contribution is -0.384. The topological polar surface area (TPSA) is 97.6 Å². The summed E-state index contributed by atoms with van der Waals surface area (Å²) in [5, 5.41) is 14.5. The smallest absolute Gasteiger partial charge is 0.410 e. The van der Waals surface area contributed by atoms with E-state index in [1.54, 1.807) is 26.8 Å². The van der Waals surface area contributed by atoms with Gasteiger partial charge in [0.2, 0.25) is 0 Å². The van der Waals surface area contributed by atoms with E-state index in [-0.39, 0.29) is 22.6 Å². The summed E-state index contributed by atoms with van der Waals surface area (Å²) in [6.07, 6.45) is 0.121. The number of nitrogens with one attached hydrogen (secondary N) is 1. The summed E-state index contributed by atoms with van der Waals surface area (Å²) in [6.45, 7) is 3.64. The van der Waals surface area contributed by atoms with E-state index in [4.69, 9.17) is 16.3 Å². The van der Waals surface area contributed by atoms with Crippen molar-refractivity contribution in [2.45, 2.75) is 38.3 Å². The van der Waals surface area contributed by atoms with Crippen molar-refractivity contribution in [1.29, 1.82) is 0 Å². The number of rotatable bonds is 3. The van der Waals surface area contributed by atoms with Crippen molar-refractivity contribution in [3.8, 4) is 0 Å². The molecule has 1 atom stereocenters. The molecule has 0 aliphatic carbocycles. The Morgan fingerprint density at radius 3 is 2.76 bits per heavy atom. The molecule has 3 rings (SSSR count). The fraction of sp³-hybridized carbons (Fsp3) is 0.444. The molecule has 1 unspecified atom stereocenters. The van der Waals surface area contributed by atoms with E-state index < -0.39 is 40.8 Å². The maximum atomic E-state index is 14.6. The summed E-state index contributed by atoms with van der Waals surface area (Å²) in [7, 11) is 0. The van der Waals surface area contributed by atoms with Gasteiger partial charge in [0.15, 0.2) is 0 Å². The average molecular weight is 429 g/mol. The molecule has 29 heavy (non-hydrogen) atoms. The normalized spacial score (nSPS) is 18.7. The third-order valence-electron chi connectivity index (χ3n) is 4.29. The third kappa shape index (κ3) is 4.47. The zero-order chi connectivity index (χ0) is 21.6. The Kier molecular flexibility index (Phi) is 5.24. The van der Waals surface area contributed by atoms with E-state index in [0.717, 1.165) is 11.1 Å². The molecule has 11 heteroatoms. The van der Waals surface area contributed by atoms with Gasteiger partial charge in [-0.15, -0.1) is 0 Å². The molecule has 0 spiro atoms. The molecule has 0 bridgehead atoms. The van der Waals surface area contributed by atoms with Gasteiger partial charge < -0.3 is 10.1 Å². The fourth-order valence-corrected chi connectivity index (χ4v) is 3.19. The van der Waals surface area contributed by atoms with Crippen LogP contribution in [0.2, 0.25) is 5.02 Å². The molecule has 1 aromatic heterocycles. The number of carbonyl (C=O) groups is 1. The maximum absolute atomic E-state index is 14.6. The fourth-order valence-electron chi connectivity index (χ4n) is 3.02. The molecular weight excluding hydrogens is 410 g/mol. The summed E-state index contributed by atoms with van der Waals surface area (Å²) in [6, 6.07) is 2.93. The highest BCUT2D eigenvalue weighted by atomic mass is 35.5. The number of alkyl halides is 2. The van der Waals surface area contributed by atoms with Crippen LogP contribution >= 0.6 is 11.6 Å². The molecule has 8 nitrogen and oxygen atoms in total. The lowest BCUT2D eigenvalue weighted by atomic mass is 10.1. The summed E-state index contributed by atoms with van der Waals surface area (Å²) in [5.41, 5.74) is -1.08. The highest BCUT2D eigenvalue weighted by Gasteiger charge is 2.51. The Labute approximate surface area is 169 Å². The number of likely N-dealkylation sites (tertiary alicyclic amines) is 1. The second-order valence-electron chi connectivity index (χ2n) is 7.76. The Hall–Kier alpha value is -2.75. The van der Waals surface area contributed by atoms with Gasteiger partial charge in [0.05, 0.1) is 23.5 Å². The molecule has 1 aliphatic heterocycles. The Balaban J connectivity index is 1.95. The largest absolute Gasteiger partial charge is 0.444 e. The molecule has 1 saturated heterocycles. The van der Waals surface area contributed by atoms with Gasteiger partial charge in [0.25, 0.3) is 5.92 Å². The summed E-state index contributed by atoms with van der Waals surface area (Å²) < 4.78 is 34.4. The van der Waals surface area contributed by atoms with Gasteiger partial charge in [-0.25, -0.2) is 18.6 Å². The molecule has 2 heterocycles. The number of hydrogen-bond donors (Lipinski definition) is 1. The van der Waals surface area contributed by atoms with Crippen LogP contribution in [-0.2, 0) is 4.74 Å². The number of aromatic nitrogens is 1. The third-order valence-corrected chi connectivity index (χ3v) is 4.53. The number of anilines is 1. The van der Waals surface area contributed by atoms with Crippen molar-refractivity contribution in [1.82, 2.24) is 9.88 Å². The summed E-state index contributed by atoms with van der Waals surface area (Å²) in [4.78, 5) is 27.8. The van der Waals surface area contributed by atoms with Gasteiger partial charge in [-0.2, -0.15) is 0 Å². The standard InChI is InChI=1S/C18H19ClF2N4O4/c1-17(2,3)29-16(26)24-8-14(18(20,21)9-24)23-15-11-6-10(19)4-5-12(11)22-7-13(15)25(27)28/h4-7,14H,8-9H2,1-3H3,(H,22,23). The van der Waals surface area contributed by atoms with Crippen LogP contribution in [0.4, 0.5) is 25.0 Å². The number of fused-ring (bicyclic) bond motifs is 1. The van der Waals surface area contributed by atoms with E-state index in [0.29, 0.717) is 5.52 Å². The van der Waals surface area contributed by atoms with Crippen molar-refractivity contribution >= 4 is 40.0 Å². The molecule has 0 saturated carbocycles. The number of nitrogens with zero attached hydrogens (tertiary/aromatic N) is 3. The first-order valence-corrected chi connectivity index (χ1v) is 9.10. The van der Waals surface area contributed by atoms with E-state index >= 15 is 0 Å². The lowest BCUT2D eigenvalue weighted by Gasteiger charge is -2.24. The van der Waals surface area contributed by atoms with Crippen molar-refractivity contribution < 1.29 is 23.2 Å². The Bertz CT molecular complexity index is 980. The second kappa shape index (κ2) is 7.25. The van der Waals surface area contributed by atoms with Crippen LogP contribution in [-0.4, -0.2) is 51.6 Å². The van der Waals surface area contributed by atoms with Crippen LogP contribution in [0.5, 0.6) is 0 Å². The highest BCUT2D eigenvalue weighted by Crippen LogP contribution is 2.37. The number of benzene rings is 1. The number of nitro groups is 1. The molecule has 2 aromatic rings. The molecule has 1 fully saturated rings. The zero-order valence-corrected chi connectivity index (χ0v) is 16.7. The SMILES string of the molecule is CC(C)(C)OC(=O)N1CC(Nc2c([N+](=O)[O-])cnc3ccc(Cl)cc23)C(F)(F)C1. The monoisotopic (exact) mass is 428 g/mol. The van der Waals surface area contributed by atoms with Crippen molar-refractivity contribution in [3.63, 3.8) is 0 Å². The van der Waals surface area contributed by atoms with Gasteiger partial charge in [-0.05, 0) is 39.0 Å². The Morgan fingerprint density at radius 2 is 2.14 bits per heavy atom. The second-order valence-corrected chi connectivity index (χ2v) is 8.19. The van der Waals surface area contributed by atoms with E-state index in [1.807, 2.05) is 0 Å². The predicted molar refractivity (Wildman–Crippen MR) is 104 cm³/mol. The first-order chi connectivity index (χ1) is 13.4. The van der Waals surface area contributed by atoms with Gasteiger partial charge in [-0.1, -0.05) is 11.6 Å². The molecule has 1 aromatic carbocycles. The highest BCUT2D eigenvalue weighted by molar-refractivity contribution is 6.31. The number of halogens is 3. The van der Waals surface area contributed by atoms with Crippen LogP contribution in [0.1, 0.15) is 20.8 Å². The number of pyridine rings is 1. The van der Waals surface area contributed by atoms with Gasteiger partial charge >= 0.3 is 11.8 Å². The first-order valence-electron chi connectivity index (χ1n) is 8.72. The quantitative estimate of drug-likeness (QED) is 0.572. The van der Waals surface area contributed by atoms with Crippen molar-refractivity contribution in [2.24, 2.45) is 0 Å². The van der Waals surface area contributed by atoms with Crippen LogP contribution in [0.3, 0.4) is 0 Å². The van der Waals surface area contributed by atoms with Gasteiger partial charge in [0.1, 0.15) is 23.5 Å². The number of amides is 1.